The highest BCUT2D eigenvalue weighted by Gasteiger charge is 2.12. The number of hydrogen-bond acceptors (Lipinski definition) is 7. The zero-order valence-electron chi connectivity index (χ0n) is 15.1. The van der Waals surface area contributed by atoms with Gasteiger partial charge < -0.3 is 9.09 Å². The largest absolute Gasteiger partial charge is 0.339 e. The monoisotopic (exact) mass is 412 g/mol. The summed E-state index contributed by atoms with van der Waals surface area (Å²) < 4.78 is 7.32. The average Bonchev–Trinajstić information content (AvgIpc) is 3.34. The van der Waals surface area contributed by atoms with Gasteiger partial charge in [-0.3, -0.25) is 4.98 Å². The molecule has 0 saturated heterocycles. The third kappa shape index (κ3) is 4.23. The Labute approximate surface area is 171 Å². The van der Waals surface area contributed by atoms with Gasteiger partial charge in [0.1, 0.15) is 0 Å². The van der Waals surface area contributed by atoms with E-state index in [2.05, 4.69) is 25.3 Å². The molecule has 3 heterocycles. The molecule has 0 amide bonds. The molecule has 4 rings (SSSR count). The van der Waals surface area contributed by atoms with Crippen LogP contribution in [-0.2, 0) is 13.5 Å². The number of pyridine rings is 1. The summed E-state index contributed by atoms with van der Waals surface area (Å²) in [6.07, 6.45) is 5.03. The summed E-state index contributed by atoms with van der Waals surface area (Å²) in [6, 6.07) is 11.3. The van der Waals surface area contributed by atoms with Gasteiger partial charge in [-0.1, -0.05) is 28.5 Å². The molecule has 3 aromatic heterocycles. The Balaban J connectivity index is 1.31. The minimum absolute atomic E-state index is 0.589. The highest BCUT2D eigenvalue weighted by molar-refractivity contribution is 7.99. The van der Waals surface area contributed by atoms with Crippen molar-refractivity contribution in [2.45, 2.75) is 18.0 Å². The molecule has 0 bridgehead atoms. The topological polar surface area (TPSA) is 82.5 Å². The fourth-order valence-electron chi connectivity index (χ4n) is 2.65. The van der Waals surface area contributed by atoms with Gasteiger partial charge in [-0.15, -0.1) is 10.2 Å². The Kier molecular flexibility index (Phi) is 5.68. The van der Waals surface area contributed by atoms with Crippen LogP contribution in [0, 0.1) is 0 Å². The lowest BCUT2D eigenvalue weighted by atomic mass is 10.2. The molecular weight excluding hydrogens is 396 g/mol. The summed E-state index contributed by atoms with van der Waals surface area (Å²) in [6.45, 7) is 0. The van der Waals surface area contributed by atoms with Gasteiger partial charge in [0.2, 0.25) is 11.7 Å². The van der Waals surface area contributed by atoms with Gasteiger partial charge in [0, 0.05) is 47.8 Å². The molecule has 0 fully saturated rings. The van der Waals surface area contributed by atoms with E-state index in [0.717, 1.165) is 34.3 Å². The number of aryl methyl sites for hydroxylation is 1. The normalized spacial score (nSPS) is 11.1. The lowest BCUT2D eigenvalue weighted by Crippen LogP contribution is -1.96. The maximum Gasteiger partial charge on any atom is 0.226 e. The maximum absolute atomic E-state index is 5.95. The molecule has 0 saturated carbocycles. The maximum atomic E-state index is 5.95. The lowest BCUT2D eigenvalue weighted by Gasteiger charge is -2.03. The fraction of sp³-hybridized carbons (Fsp3) is 0.211. The van der Waals surface area contributed by atoms with E-state index in [1.807, 2.05) is 48.0 Å². The molecule has 0 spiro atoms. The zero-order valence-corrected chi connectivity index (χ0v) is 16.7. The minimum atomic E-state index is 0.589. The number of hydrogen-bond donors (Lipinski definition) is 0. The van der Waals surface area contributed by atoms with E-state index in [4.69, 9.17) is 16.1 Å². The molecule has 0 aliphatic rings. The summed E-state index contributed by atoms with van der Waals surface area (Å²) >= 11 is 7.60. The predicted octanol–water partition coefficient (Wildman–Crippen LogP) is 4.31. The molecule has 0 unspecified atom stereocenters. The number of benzene rings is 1. The van der Waals surface area contributed by atoms with Gasteiger partial charge in [-0.2, -0.15) is 4.98 Å². The smallest absolute Gasteiger partial charge is 0.226 e. The van der Waals surface area contributed by atoms with Crippen molar-refractivity contribution < 1.29 is 4.52 Å². The highest BCUT2D eigenvalue weighted by atomic mass is 35.5. The first-order chi connectivity index (χ1) is 13.7. The van der Waals surface area contributed by atoms with Crippen LogP contribution in [0.5, 0.6) is 0 Å². The quantitative estimate of drug-likeness (QED) is 0.330. The first-order valence-electron chi connectivity index (χ1n) is 8.72. The fourth-order valence-corrected chi connectivity index (χ4v) is 3.63. The highest BCUT2D eigenvalue weighted by Crippen LogP contribution is 2.24. The molecule has 0 N–H and O–H groups in total. The molecule has 9 heteroatoms. The number of rotatable bonds is 7. The van der Waals surface area contributed by atoms with Crippen molar-refractivity contribution in [3.8, 4) is 22.8 Å². The van der Waals surface area contributed by atoms with Gasteiger partial charge in [-0.25, -0.2) is 0 Å². The van der Waals surface area contributed by atoms with Crippen LogP contribution in [-0.4, -0.2) is 35.6 Å². The van der Waals surface area contributed by atoms with Crippen molar-refractivity contribution in [1.82, 2.24) is 29.9 Å². The van der Waals surface area contributed by atoms with E-state index in [1.54, 1.807) is 24.2 Å². The standard InChI is InChI=1S/C19H17ClN6OS/c1-26-18(14-4-6-15(20)7-5-14)23-24-19(26)28-12-2-3-16-22-17(25-27-16)13-8-10-21-11-9-13/h4-11H,2-3,12H2,1H3. The van der Waals surface area contributed by atoms with Crippen LogP contribution in [0.15, 0.2) is 58.5 Å². The number of thioether (sulfide) groups is 1. The van der Waals surface area contributed by atoms with Crippen LogP contribution in [0.3, 0.4) is 0 Å². The van der Waals surface area contributed by atoms with Crippen molar-refractivity contribution in [3.63, 3.8) is 0 Å². The molecule has 28 heavy (non-hydrogen) atoms. The molecule has 0 aliphatic heterocycles. The Bertz CT molecular complexity index is 1050. The molecule has 4 aromatic rings. The number of halogens is 1. The molecule has 1 aromatic carbocycles. The van der Waals surface area contributed by atoms with E-state index >= 15 is 0 Å². The molecule has 7 nitrogen and oxygen atoms in total. The first kappa shape index (κ1) is 18.6. The Morgan fingerprint density at radius 1 is 1.04 bits per heavy atom. The van der Waals surface area contributed by atoms with Crippen LogP contribution in [0.4, 0.5) is 0 Å². The summed E-state index contributed by atoms with van der Waals surface area (Å²) in [7, 11) is 1.96. The molecular formula is C19H17ClN6OS. The Morgan fingerprint density at radius 2 is 1.82 bits per heavy atom. The zero-order chi connectivity index (χ0) is 19.3. The molecule has 0 radical (unpaired) electrons. The SMILES string of the molecule is Cn1c(SCCCc2nc(-c3ccncc3)no2)nnc1-c1ccc(Cl)cc1. The van der Waals surface area contributed by atoms with Crippen LogP contribution < -0.4 is 0 Å². The summed E-state index contributed by atoms with van der Waals surface area (Å²) in [5.74, 6) is 2.91. The Hall–Kier alpha value is -2.71. The van der Waals surface area contributed by atoms with Crippen molar-refractivity contribution in [2.75, 3.05) is 5.75 Å². The summed E-state index contributed by atoms with van der Waals surface area (Å²) in [5, 5.41) is 14.2. The van der Waals surface area contributed by atoms with Gasteiger partial charge >= 0.3 is 0 Å². The Morgan fingerprint density at radius 3 is 2.61 bits per heavy atom. The first-order valence-corrected chi connectivity index (χ1v) is 10.1. The van der Waals surface area contributed by atoms with E-state index < -0.39 is 0 Å². The van der Waals surface area contributed by atoms with E-state index in [-0.39, 0.29) is 0 Å². The minimum Gasteiger partial charge on any atom is -0.339 e. The average molecular weight is 413 g/mol. The van der Waals surface area contributed by atoms with Crippen molar-refractivity contribution in [1.29, 1.82) is 0 Å². The number of nitrogens with zero attached hydrogens (tertiary/aromatic N) is 6. The van der Waals surface area contributed by atoms with Crippen molar-refractivity contribution >= 4 is 23.4 Å². The van der Waals surface area contributed by atoms with E-state index in [9.17, 15) is 0 Å². The van der Waals surface area contributed by atoms with Gasteiger partial charge in [0.25, 0.3) is 0 Å². The van der Waals surface area contributed by atoms with Gasteiger partial charge in [-0.05, 0) is 42.8 Å². The predicted molar refractivity (Wildman–Crippen MR) is 108 cm³/mol. The van der Waals surface area contributed by atoms with E-state index in [0.29, 0.717) is 23.2 Å². The second-order valence-electron chi connectivity index (χ2n) is 6.07. The molecule has 142 valence electrons. The third-order valence-corrected chi connectivity index (χ3v) is 5.47. The van der Waals surface area contributed by atoms with Crippen LogP contribution in [0.25, 0.3) is 22.8 Å². The second-order valence-corrected chi connectivity index (χ2v) is 7.57. The third-order valence-electron chi connectivity index (χ3n) is 4.11. The summed E-state index contributed by atoms with van der Waals surface area (Å²) in [4.78, 5) is 8.43. The number of aromatic nitrogens is 6. The van der Waals surface area contributed by atoms with Crippen molar-refractivity contribution in [2.24, 2.45) is 7.05 Å². The van der Waals surface area contributed by atoms with Crippen molar-refractivity contribution in [3.05, 3.63) is 59.7 Å². The molecule has 0 atom stereocenters. The van der Waals surface area contributed by atoms with Crippen LogP contribution in [0.1, 0.15) is 12.3 Å². The van der Waals surface area contributed by atoms with Gasteiger partial charge in [0.15, 0.2) is 11.0 Å². The molecule has 0 aliphatic carbocycles. The van der Waals surface area contributed by atoms with Gasteiger partial charge in [0.05, 0.1) is 0 Å². The second kappa shape index (κ2) is 8.53. The van der Waals surface area contributed by atoms with E-state index in [1.165, 1.54) is 0 Å². The van der Waals surface area contributed by atoms with Crippen LogP contribution in [0.2, 0.25) is 5.02 Å². The lowest BCUT2D eigenvalue weighted by molar-refractivity contribution is 0.378. The van der Waals surface area contributed by atoms with Crippen LogP contribution >= 0.6 is 23.4 Å². The summed E-state index contributed by atoms with van der Waals surface area (Å²) in [5.41, 5.74) is 1.88.